The first kappa shape index (κ1) is 17.6. The summed E-state index contributed by atoms with van der Waals surface area (Å²) in [5, 5.41) is 10.3. The molecule has 2 aromatic rings. The lowest BCUT2D eigenvalue weighted by Gasteiger charge is -2.35. The first-order valence-corrected chi connectivity index (χ1v) is 8.52. The SMILES string of the molecule is CCOc1ccnc(N2CCN(C[C@H](O)c3ccc(F)cc3)CC2)n1. The van der Waals surface area contributed by atoms with Crippen molar-refractivity contribution in [3.05, 3.63) is 47.9 Å². The number of ether oxygens (including phenoxy) is 1. The van der Waals surface area contributed by atoms with Gasteiger partial charge in [-0.3, -0.25) is 4.90 Å². The Morgan fingerprint density at radius 1 is 1.16 bits per heavy atom. The van der Waals surface area contributed by atoms with Crippen LogP contribution in [0.1, 0.15) is 18.6 Å². The molecule has 0 aliphatic carbocycles. The molecule has 0 spiro atoms. The highest BCUT2D eigenvalue weighted by Gasteiger charge is 2.21. The lowest BCUT2D eigenvalue weighted by atomic mass is 10.1. The van der Waals surface area contributed by atoms with Crippen molar-refractivity contribution in [1.82, 2.24) is 14.9 Å². The summed E-state index contributed by atoms with van der Waals surface area (Å²) < 4.78 is 18.4. The molecule has 0 bridgehead atoms. The molecule has 1 aliphatic rings. The molecule has 0 amide bonds. The molecule has 1 aromatic heterocycles. The molecule has 134 valence electrons. The van der Waals surface area contributed by atoms with E-state index >= 15 is 0 Å². The molecule has 6 nitrogen and oxygen atoms in total. The largest absolute Gasteiger partial charge is 0.478 e. The Hall–Kier alpha value is -2.25. The number of aliphatic hydroxyl groups is 1. The van der Waals surface area contributed by atoms with Crippen LogP contribution in [0, 0.1) is 5.82 Å². The van der Waals surface area contributed by atoms with Crippen molar-refractivity contribution in [3.63, 3.8) is 0 Å². The minimum absolute atomic E-state index is 0.293. The van der Waals surface area contributed by atoms with Crippen LogP contribution in [0.3, 0.4) is 0 Å². The van der Waals surface area contributed by atoms with Crippen molar-refractivity contribution in [2.24, 2.45) is 0 Å². The summed E-state index contributed by atoms with van der Waals surface area (Å²) in [6.07, 6.45) is 1.09. The number of β-amino-alcohol motifs (C(OH)–C–C–N with tert-alkyl or cyclic N) is 1. The van der Waals surface area contributed by atoms with Crippen LogP contribution in [0.4, 0.5) is 10.3 Å². The van der Waals surface area contributed by atoms with Crippen LogP contribution >= 0.6 is 0 Å². The van der Waals surface area contributed by atoms with Crippen LogP contribution in [-0.2, 0) is 0 Å². The molecule has 1 aliphatic heterocycles. The average molecular weight is 346 g/mol. The fraction of sp³-hybridized carbons (Fsp3) is 0.444. The van der Waals surface area contributed by atoms with Crippen LogP contribution in [0.15, 0.2) is 36.5 Å². The Labute approximate surface area is 146 Å². The highest BCUT2D eigenvalue weighted by Crippen LogP contribution is 2.18. The number of aromatic nitrogens is 2. The third kappa shape index (κ3) is 4.64. The standard InChI is InChI=1S/C18H23FN4O2/c1-2-25-17-7-8-20-18(21-17)23-11-9-22(10-12-23)13-16(24)14-3-5-15(19)6-4-14/h3-8,16,24H,2,9-13H2,1H3/t16-/m0/s1. The van der Waals surface area contributed by atoms with Gasteiger partial charge < -0.3 is 14.7 Å². The molecule has 25 heavy (non-hydrogen) atoms. The summed E-state index contributed by atoms with van der Waals surface area (Å²) >= 11 is 0. The van der Waals surface area contributed by atoms with Gasteiger partial charge in [-0.25, -0.2) is 9.37 Å². The molecule has 1 N–H and O–H groups in total. The maximum absolute atomic E-state index is 13.0. The molecule has 7 heteroatoms. The van der Waals surface area contributed by atoms with E-state index in [0.29, 0.717) is 25.0 Å². The number of benzene rings is 1. The third-order valence-electron chi connectivity index (χ3n) is 4.25. The highest BCUT2D eigenvalue weighted by molar-refractivity contribution is 5.32. The van der Waals surface area contributed by atoms with Crippen molar-refractivity contribution >= 4 is 5.95 Å². The molecule has 1 saturated heterocycles. The van der Waals surface area contributed by atoms with Crippen molar-refractivity contribution in [2.75, 3.05) is 44.2 Å². The Morgan fingerprint density at radius 3 is 2.56 bits per heavy atom. The van der Waals surface area contributed by atoms with Gasteiger partial charge in [-0.15, -0.1) is 0 Å². The van der Waals surface area contributed by atoms with E-state index in [2.05, 4.69) is 19.8 Å². The second-order valence-corrected chi connectivity index (χ2v) is 5.98. The van der Waals surface area contributed by atoms with Crippen LogP contribution in [0.5, 0.6) is 5.88 Å². The van der Waals surface area contributed by atoms with Gasteiger partial charge in [0.15, 0.2) is 0 Å². The minimum atomic E-state index is -0.621. The first-order valence-electron chi connectivity index (χ1n) is 8.52. The van der Waals surface area contributed by atoms with E-state index in [-0.39, 0.29) is 5.82 Å². The van der Waals surface area contributed by atoms with Gasteiger partial charge in [-0.2, -0.15) is 4.98 Å². The van der Waals surface area contributed by atoms with Gasteiger partial charge in [0.05, 0.1) is 12.7 Å². The summed E-state index contributed by atoms with van der Waals surface area (Å²) in [6.45, 7) is 6.20. The zero-order valence-electron chi connectivity index (χ0n) is 14.3. The summed E-state index contributed by atoms with van der Waals surface area (Å²) in [7, 11) is 0. The number of hydrogen-bond donors (Lipinski definition) is 1. The molecule has 3 rings (SSSR count). The van der Waals surface area contributed by atoms with E-state index in [1.807, 2.05) is 6.92 Å². The van der Waals surface area contributed by atoms with Crippen LogP contribution in [0.2, 0.25) is 0 Å². The van der Waals surface area contributed by atoms with Gasteiger partial charge in [0.25, 0.3) is 0 Å². The van der Waals surface area contributed by atoms with E-state index in [4.69, 9.17) is 4.74 Å². The lowest BCUT2D eigenvalue weighted by Crippen LogP contribution is -2.48. The third-order valence-corrected chi connectivity index (χ3v) is 4.25. The normalized spacial score (nSPS) is 16.7. The van der Waals surface area contributed by atoms with Crippen LogP contribution in [-0.4, -0.2) is 59.3 Å². The quantitative estimate of drug-likeness (QED) is 0.862. The van der Waals surface area contributed by atoms with Crippen molar-refractivity contribution in [3.8, 4) is 5.88 Å². The molecule has 0 unspecified atom stereocenters. The minimum Gasteiger partial charge on any atom is -0.478 e. The average Bonchev–Trinajstić information content (AvgIpc) is 2.63. The molecule has 1 atom stereocenters. The number of aliphatic hydroxyl groups excluding tert-OH is 1. The predicted molar refractivity (Wildman–Crippen MR) is 93.2 cm³/mol. The Bertz CT molecular complexity index is 675. The summed E-state index contributed by atoms with van der Waals surface area (Å²) in [5.74, 6) is 0.963. The van der Waals surface area contributed by atoms with Gasteiger partial charge in [-0.05, 0) is 24.6 Å². The maximum Gasteiger partial charge on any atom is 0.228 e. The monoisotopic (exact) mass is 346 g/mol. The molecule has 0 radical (unpaired) electrons. The van der Waals surface area contributed by atoms with Crippen molar-refractivity contribution in [1.29, 1.82) is 0 Å². The van der Waals surface area contributed by atoms with Crippen LogP contribution < -0.4 is 9.64 Å². The molecule has 0 saturated carbocycles. The number of halogens is 1. The predicted octanol–water partition coefficient (Wildman–Crippen LogP) is 1.87. The van der Waals surface area contributed by atoms with Gasteiger partial charge in [0.2, 0.25) is 11.8 Å². The van der Waals surface area contributed by atoms with Gasteiger partial charge in [0, 0.05) is 45.0 Å². The Kier molecular flexibility index (Phi) is 5.78. The number of rotatable bonds is 6. The van der Waals surface area contributed by atoms with E-state index in [9.17, 15) is 9.50 Å². The molecule has 1 aromatic carbocycles. The molecule has 1 fully saturated rings. The number of piperazine rings is 1. The van der Waals surface area contributed by atoms with Crippen LogP contribution in [0.25, 0.3) is 0 Å². The topological polar surface area (TPSA) is 61.7 Å². The van der Waals surface area contributed by atoms with Gasteiger partial charge in [0.1, 0.15) is 5.82 Å². The number of nitrogens with zero attached hydrogens (tertiary/aromatic N) is 4. The van der Waals surface area contributed by atoms with Gasteiger partial charge in [-0.1, -0.05) is 12.1 Å². The highest BCUT2D eigenvalue weighted by atomic mass is 19.1. The maximum atomic E-state index is 13.0. The lowest BCUT2D eigenvalue weighted by molar-refractivity contribution is 0.109. The molecular formula is C18H23FN4O2. The van der Waals surface area contributed by atoms with Crippen molar-refractivity contribution in [2.45, 2.75) is 13.0 Å². The molecule has 2 heterocycles. The summed E-state index contributed by atoms with van der Waals surface area (Å²) in [6, 6.07) is 7.76. The zero-order chi connectivity index (χ0) is 17.6. The second-order valence-electron chi connectivity index (χ2n) is 5.98. The second kappa shape index (κ2) is 8.22. The Balaban J connectivity index is 1.53. The van der Waals surface area contributed by atoms with E-state index in [1.54, 1.807) is 24.4 Å². The fourth-order valence-corrected chi connectivity index (χ4v) is 2.88. The van der Waals surface area contributed by atoms with E-state index in [1.165, 1.54) is 12.1 Å². The van der Waals surface area contributed by atoms with Crippen molar-refractivity contribution < 1.29 is 14.2 Å². The summed E-state index contributed by atoms with van der Waals surface area (Å²) in [5.41, 5.74) is 0.733. The van der Waals surface area contributed by atoms with E-state index in [0.717, 1.165) is 31.7 Å². The summed E-state index contributed by atoms with van der Waals surface area (Å²) in [4.78, 5) is 13.0. The zero-order valence-corrected chi connectivity index (χ0v) is 14.3. The smallest absolute Gasteiger partial charge is 0.228 e. The number of hydrogen-bond acceptors (Lipinski definition) is 6. The molecular weight excluding hydrogens is 323 g/mol. The Morgan fingerprint density at radius 2 is 1.88 bits per heavy atom. The van der Waals surface area contributed by atoms with Gasteiger partial charge >= 0.3 is 0 Å². The first-order chi connectivity index (χ1) is 12.2. The fourth-order valence-electron chi connectivity index (χ4n) is 2.88. The number of anilines is 1. The van der Waals surface area contributed by atoms with E-state index < -0.39 is 6.10 Å².